The van der Waals surface area contributed by atoms with Crippen molar-refractivity contribution in [1.29, 1.82) is 0 Å². The van der Waals surface area contributed by atoms with E-state index in [0.717, 1.165) is 19.4 Å². The zero-order valence-corrected chi connectivity index (χ0v) is 10.2. The van der Waals surface area contributed by atoms with Crippen LogP contribution in [0.4, 0.5) is 0 Å². The maximum atomic E-state index is 12.3. The van der Waals surface area contributed by atoms with E-state index in [2.05, 4.69) is 6.92 Å². The second kappa shape index (κ2) is 4.88. The van der Waals surface area contributed by atoms with Crippen LogP contribution in [-0.4, -0.2) is 23.4 Å². The van der Waals surface area contributed by atoms with Gasteiger partial charge in [0.25, 0.3) is 5.91 Å². The summed E-state index contributed by atoms with van der Waals surface area (Å²) in [5.41, 5.74) is 0.623. The number of rotatable bonds is 1. The summed E-state index contributed by atoms with van der Waals surface area (Å²) >= 11 is 6.04. The largest absolute Gasteiger partial charge is 0.336 e. The van der Waals surface area contributed by atoms with Gasteiger partial charge < -0.3 is 4.90 Å². The van der Waals surface area contributed by atoms with E-state index >= 15 is 0 Å². The Balaban J connectivity index is 2.21. The van der Waals surface area contributed by atoms with E-state index in [1.165, 1.54) is 6.42 Å². The first-order chi connectivity index (χ1) is 7.70. The Morgan fingerprint density at radius 1 is 1.38 bits per heavy atom. The van der Waals surface area contributed by atoms with Crippen LogP contribution in [0.15, 0.2) is 24.3 Å². The summed E-state index contributed by atoms with van der Waals surface area (Å²) in [4.78, 5) is 14.2. The summed E-state index contributed by atoms with van der Waals surface area (Å²) in [6, 6.07) is 7.60. The van der Waals surface area contributed by atoms with Crippen LogP contribution in [0.1, 0.15) is 36.5 Å². The van der Waals surface area contributed by atoms with Crippen molar-refractivity contribution in [2.75, 3.05) is 6.54 Å². The van der Waals surface area contributed by atoms with Gasteiger partial charge in [-0.3, -0.25) is 4.79 Å². The molecule has 2 nitrogen and oxygen atoms in total. The fraction of sp³-hybridized carbons (Fsp3) is 0.462. The first-order valence-electron chi connectivity index (χ1n) is 5.75. The van der Waals surface area contributed by atoms with Gasteiger partial charge >= 0.3 is 0 Å². The fourth-order valence-electron chi connectivity index (χ4n) is 2.19. The van der Waals surface area contributed by atoms with Crippen molar-refractivity contribution in [3.63, 3.8) is 0 Å². The number of carbonyl (C=O) groups excluding carboxylic acids is 1. The molecule has 86 valence electrons. The zero-order valence-electron chi connectivity index (χ0n) is 9.45. The molecule has 1 amide bonds. The number of nitrogens with zero attached hydrogens (tertiary/aromatic N) is 1. The van der Waals surface area contributed by atoms with Crippen LogP contribution in [-0.2, 0) is 0 Å². The first kappa shape index (κ1) is 11.5. The minimum atomic E-state index is 0.0674. The van der Waals surface area contributed by atoms with Gasteiger partial charge in [-0.25, -0.2) is 0 Å². The van der Waals surface area contributed by atoms with Gasteiger partial charge in [-0.05, 0) is 38.3 Å². The Hall–Kier alpha value is -1.02. The third-order valence-electron chi connectivity index (χ3n) is 3.17. The molecule has 0 N–H and O–H groups in total. The molecule has 1 heterocycles. The lowest BCUT2D eigenvalue weighted by Gasteiger charge is -2.33. The van der Waals surface area contributed by atoms with Gasteiger partial charge in [-0.2, -0.15) is 0 Å². The van der Waals surface area contributed by atoms with E-state index < -0.39 is 0 Å². The summed E-state index contributed by atoms with van der Waals surface area (Å²) in [6.45, 7) is 2.96. The van der Waals surface area contributed by atoms with Crippen molar-refractivity contribution in [3.05, 3.63) is 34.9 Å². The first-order valence-corrected chi connectivity index (χ1v) is 6.13. The van der Waals surface area contributed by atoms with E-state index in [-0.39, 0.29) is 5.91 Å². The summed E-state index contributed by atoms with van der Waals surface area (Å²) in [6.07, 6.45) is 3.41. The maximum Gasteiger partial charge on any atom is 0.255 e. The van der Waals surface area contributed by atoms with Crippen molar-refractivity contribution in [1.82, 2.24) is 4.90 Å². The number of likely N-dealkylation sites (tertiary alicyclic amines) is 1. The summed E-state index contributed by atoms with van der Waals surface area (Å²) < 4.78 is 0. The van der Waals surface area contributed by atoms with E-state index in [1.807, 2.05) is 17.0 Å². The Morgan fingerprint density at radius 2 is 2.12 bits per heavy atom. The molecule has 1 atom stereocenters. The Bertz CT molecular complexity index is 391. The number of benzene rings is 1. The SMILES string of the molecule is C[C@@H]1CCCCN1C(=O)c1ccccc1Cl. The Labute approximate surface area is 101 Å². The second-order valence-electron chi connectivity index (χ2n) is 4.32. The summed E-state index contributed by atoms with van der Waals surface area (Å²) in [5.74, 6) is 0.0674. The number of amides is 1. The lowest BCUT2D eigenvalue weighted by atomic mass is 10.0. The van der Waals surface area contributed by atoms with Gasteiger partial charge in [-0.1, -0.05) is 23.7 Å². The molecule has 16 heavy (non-hydrogen) atoms. The highest BCUT2D eigenvalue weighted by atomic mass is 35.5. The van der Waals surface area contributed by atoms with Crippen LogP contribution >= 0.6 is 11.6 Å². The van der Waals surface area contributed by atoms with Crippen LogP contribution in [0.25, 0.3) is 0 Å². The molecule has 0 spiro atoms. The molecule has 2 rings (SSSR count). The minimum Gasteiger partial charge on any atom is -0.336 e. The number of carbonyl (C=O) groups is 1. The second-order valence-corrected chi connectivity index (χ2v) is 4.73. The van der Waals surface area contributed by atoms with Gasteiger partial charge in [0.1, 0.15) is 0 Å². The lowest BCUT2D eigenvalue weighted by Crippen LogP contribution is -2.42. The normalized spacial score (nSPS) is 20.9. The maximum absolute atomic E-state index is 12.3. The summed E-state index contributed by atoms with van der Waals surface area (Å²) in [5, 5.41) is 0.547. The van der Waals surface area contributed by atoms with Crippen molar-refractivity contribution in [3.8, 4) is 0 Å². The van der Waals surface area contributed by atoms with Crippen molar-refractivity contribution < 1.29 is 4.79 Å². The van der Waals surface area contributed by atoms with Crippen molar-refractivity contribution in [2.45, 2.75) is 32.2 Å². The van der Waals surface area contributed by atoms with Gasteiger partial charge in [0.2, 0.25) is 0 Å². The standard InChI is InChI=1S/C13H16ClNO/c1-10-6-4-5-9-15(10)13(16)11-7-2-3-8-12(11)14/h2-3,7-8,10H,4-6,9H2,1H3/t10-/m1/s1. The molecule has 0 radical (unpaired) electrons. The molecule has 1 saturated heterocycles. The smallest absolute Gasteiger partial charge is 0.255 e. The third kappa shape index (κ3) is 2.22. The lowest BCUT2D eigenvalue weighted by molar-refractivity contribution is 0.0636. The predicted molar refractivity (Wildman–Crippen MR) is 65.8 cm³/mol. The highest BCUT2D eigenvalue weighted by Gasteiger charge is 2.25. The van der Waals surface area contributed by atoms with Crippen LogP contribution < -0.4 is 0 Å². The number of piperidine rings is 1. The average molecular weight is 238 g/mol. The molecule has 1 aromatic carbocycles. The van der Waals surface area contributed by atoms with E-state index in [4.69, 9.17) is 11.6 Å². The van der Waals surface area contributed by atoms with Crippen LogP contribution in [0.5, 0.6) is 0 Å². The highest BCUT2D eigenvalue weighted by Crippen LogP contribution is 2.22. The Kier molecular flexibility index (Phi) is 3.49. The average Bonchev–Trinajstić information content (AvgIpc) is 2.29. The molecular formula is C13H16ClNO. The number of hydrogen-bond donors (Lipinski definition) is 0. The molecule has 1 aliphatic rings. The summed E-state index contributed by atoms with van der Waals surface area (Å²) in [7, 11) is 0. The van der Waals surface area contributed by atoms with E-state index in [0.29, 0.717) is 16.6 Å². The fourth-order valence-corrected chi connectivity index (χ4v) is 2.41. The molecule has 0 aliphatic carbocycles. The topological polar surface area (TPSA) is 20.3 Å². The predicted octanol–water partition coefficient (Wildman–Crippen LogP) is 3.35. The molecule has 0 unspecified atom stereocenters. The van der Waals surface area contributed by atoms with Crippen LogP contribution in [0.3, 0.4) is 0 Å². The molecule has 1 aliphatic heterocycles. The Morgan fingerprint density at radius 3 is 2.81 bits per heavy atom. The highest BCUT2D eigenvalue weighted by molar-refractivity contribution is 6.33. The monoisotopic (exact) mass is 237 g/mol. The van der Waals surface area contributed by atoms with Crippen molar-refractivity contribution in [2.24, 2.45) is 0 Å². The van der Waals surface area contributed by atoms with Crippen molar-refractivity contribution >= 4 is 17.5 Å². The van der Waals surface area contributed by atoms with Gasteiger partial charge in [0.15, 0.2) is 0 Å². The van der Waals surface area contributed by atoms with E-state index in [9.17, 15) is 4.79 Å². The van der Waals surface area contributed by atoms with Crippen LogP contribution in [0.2, 0.25) is 5.02 Å². The third-order valence-corrected chi connectivity index (χ3v) is 3.50. The number of halogens is 1. The molecular weight excluding hydrogens is 222 g/mol. The number of hydrogen-bond acceptors (Lipinski definition) is 1. The minimum absolute atomic E-state index is 0.0674. The van der Waals surface area contributed by atoms with Gasteiger partial charge in [0, 0.05) is 12.6 Å². The van der Waals surface area contributed by atoms with E-state index in [1.54, 1.807) is 12.1 Å². The molecule has 0 bridgehead atoms. The van der Waals surface area contributed by atoms with Crippen LogP contribution in [0, 0.1) is 0 Å². The quantitative estimate of drug-likeness (QED) is 0.734. The molecule has 3 heteroatoms. The molecule has 0 saturated carbocycles. The molecule has 1 aromatic rings. The zero-order chi connectivity index (χ0) is 11.5. The van der Waals surface area contributed by atoms with Gasteiger partial charge in [0.05, 0.1) is 10.6 Å². The molecule has 1 fully saturated rings. The molecule has 0 aromatic heterocycles. The van der Waals surface area contributed by atoms with Gasteiger partial charge in [-0.15, -0.1) is 0 Å².